The lowest BCUT2D eigenvalue weighted by molar-refractivity contribution is 0.101. The van der Waals surface area contributed by atoms with E-state index in [1.807, 2.05) is 6.07 Å². The zero-order valence-corrected chi connectivity index (χ0v) is 8.10. The van der Waals surface area contributed by atoms with Gasteiger partial charge in [-0.2, -0.15) is 0 Å². The van der Waals surface area contributed by atoms with Gasteiger partial charge in [0.05, 0.1) is 5.69 Å². The number of benzene rings is 1. The van der Waals surface area contributed by atoms with Crippen LogP contribution in [0.25, 0.3) is 5.69 Å². The van der Waals surface area contributed by atoms with Crippen molar-refractivity contribution >= 4 is 5.78 Å². The lowest BCUT2D eigenvalue weighted by Gasteiger charge is -1.97. The Bertz CT molecular complexity index is 539. The number of rotatable bonds is 2. The quantitative estimate of drug-likeness (QED) is 0.733. The summed E-state index contributed by atoms with van der Waals surface area (Å²) in [5.41, 5.74) is 0.162. The smallest absolute Gasteiger partial charge is 0.292 e. The lowest BCUT2D eigenvalue weighted by Crippen LogP contribution is -2.19. The number of carbonyl (C=O) groups is 1. The van der Waals surface area contributed by atoms with Crippen molar-refractivity contribution in [2.45, 2.75) is 6.92 Å². The molecule has 1 aromatic heterocycles. The molecule has 5 heteroatoms. The van der Waals surface area contributed by atoms with Gasteiger partial charge in [-0.1, -0.05) is 18.2 Å². The molecule has 0 spiro atoms. The Kier molecular flexibility index (Phi) is 2.21. The van der Waals surface area contributed by atoms with Gasteiger partial charge in [-0.25, -0.2) is 9.90 Å². The van der Waals surface area contributed by atoms with Crippen LogP contribution in [0.15, 0.2) is 35.1 Å². The molecule has 0 saturated heterocycles. The molecular formula is C10H9N3O2. The van der Waals surface area contributed by atoms with Gasteiger partial charge < -0.3 is 0 Å². The summed E-state index contributed by atoms with van der Waals surface area (Å²) in [5.74, 6) is -0.342. The van der Waals surface area contributed by atoms with E-state index < -0.39 is 5.56 Å². The molecule has 5 nitrogen and oxygen atoms in total. The van der Waals surface area contributed by atoms with Crippen LogP contribution in [0.4, 0.5) is 0 Å². The summed E-state index contributed by atoms with van der Waals surface area (Å²) in [5, 5.41) is 6.17. The molecule has 76 valence electrons. The molecule has 0 radical (unpaired) electrons. The molecule has 0 aliphatic rings. The number of hydrogen-bond donors (Lipinski definition) is 1. The van der Waals surface area contributed by atoms with Gasteiger partial charge in [0.1, 0.15) is 0 Å². The number of para-hydroxylation sites is 1. The highest BCUT2D eigenvalue weighted by molar-refractivity contribution is 5.91. The molecule has 0 fully saturated rings. The van der Waals surface area contributed by atoms with E-state index in [4.69, 9.17) is 0 Å². The van der Waals surface area contributed by atoms with Crippen molar-refractivity contribution in [2.24, 2.45) is 0 Å². The Morgan fingerprint density at radius 3 is 2.53 bits per heavy atom. The Morgan fingerprint density at radius 2 is 2.00 bits per heavy atom. The zero-order chi connectivity index (χ0) is 10.8. The van der Waals surface area contributed by atoms with Gasteiger partial charge >= 0.3 is 5.56 Å². The van der Waals surface area contributed by atoms with Crippen LogP contribution in [-0.2, 0) is 0 Å². The summed E-state index contributed by atoms with van der Waals surface area (Å²) in [6.07, 6.45) is 0. The van der Waals surface area contributed by atoms with Gasteiger partial charge in [-0.05, 0) is 12.1 Å². The predicted octanol–water partition coefficient (Wildman–Crippen LogP) is 0.763. The number of aromatic nitrogens is 3. The molecule has 1 heterocycles. The molecule has 15 heavy (non-hydrogen) atoms. The summed E-state index contributed by atoms with van der Waals surface area (Å²) < 4.78 is 1.23. The molecule has 0 aliphatic carbocycles. The molecule has 0 atom stereocenters. The van der Waals surface area contributed by atoms with E-state index in [0.717, 1.165) is 0 Å². The number of ketones is 1. The average Bonchev–Trinajstić information content (AvgIpc) is 2.61. The molecule has 0 amide bonds. The zero-order valence-electron chi connectivity index (χ0n) is 8.10. The molecule has 0 saturated carbocycles. The van der Waals surface area contributed by atoms with E-state index >= 15 is 0 Å². The number of carbonyl (C=O) groups excluding carboxylic acids is 1. The van der Waals surface area contributed by atoms with E-state index in [9.17, 15) is 9.59 Å². The van der Waals surface area contributed by atoms with Crippen molar-refractivity contribution in [3.8, 4) is 5.69 Å². The third kappa shape index (κ3) is 1.59. The van der Waals surface area contributed by atoms with E-state index in [1.54, 1.807) is 24.3 Å². The van der Waals surface area contributed by atoms with Crippen molar-refractivity contribution in [3.05, 3.63) is 46.4 Å². The van der Waals surface area contributed by atoms with Gasteiger partial charge in [0.25, 0.3) is 0 Å². The number of nitrogens with one attached hydrogen (secondary N) is 1. The topological polar surface area (TPSA) is 67.8 Å². The summed E-state index contributed by atoms with van der Waals surface area (Å²) in [6, 6.07) is 8.95. The number of H-pyrrole nitrogens is 1. The minimum absolute atomic E-state index is 0.0705. The lowest BCUT2D eigenvalue weighted by atomic mass is 10.3. The van der Waals surface area contributed by atoms with E-state index in [0.29, 0.717) is 5.69 Å². The number of aromatic amines is 1. The van der Waals surface area contributed by atoms with Crippen molar-refractivity contribution < 1.29 is 4.79 Å². The van der Waals surface area contributed by atoms with Gasteiger partial charge in [0, 0.05) is 6.92 Å². The summed E-state index contributed by atoms with van der Waals surface area (Å²) in [6.45, 7) is 1.31. The van der Waals surface area contributed by atoms with Crippen molar-refractivity contribution in [1.82, 2.24) is 15.0 Å². The summed E-state index contributed by atoms with van der Waals surface area (Å²) >= 11 is 0. The highest BCUT2D eigenvalue weighted by atomic mass is 16.2. The average molecular weight is 203 g/mol. The Labute approximate surface area is 85.3 Å². The minimum Gasteiger partial charge on any atom is -0.292 e. The van der Waals surface area contributed by atoms with Crippen molar-refractivity contribution in [3.63, 3.8) is 0 Å². The first-order valence-electron chi connectivity index (χ1n) is 4.44. The Hall–Kier alpha value is -2.17. The Morgan fingerprint density at radius 1 is 1.33 bits per heavy atom. The normalized spacial score (nSPS) is 10.2. The van der Waals surface area contributed by atoms with Crippen LogP contribution in [-0.4, -0.2) is 20.8 Å². The SMILES string of the molecule is CC(=O)c1n[nH]n(-c2ccccc2)c1=O. The second kappa shape index (κ2) is 3.53. The maximum Gasteiger partial charge on any atom is 0.302 e. The third-order valence-electron chi connectivity index (χ3n) is 2.02. The molecule has 0 aliphatic heterocycles. The first kappa shape index (κ1) is 9.39. The molecular weight excluding hydrogens is 194 g/mol. The number of hydrogen-bond acceptors (Lipinski definition) is 3. The van der Waals surface area contributed by atoms with E-state index in [1.165, 1.54) is 11.6 Å². The van der Waals surface area contributed by atoms with Crippen molar-refractivity contribution in [1.29, 1.82) is 0 Å². The van der Waals surface area contributed by atoms with Gasteiger partial charge in [0.2, 0.25) is 0 Å². The van der Waals surface area contributed by atoms with Crippen LogP contribution >= 0.6 is 0 Å². The van der Waals surface area contributed by atoms with Crippen LogP contribution in [0.2, 0.25) is 0 Å². The van der Waals surface area contributed by atoms with Gasteiger partial charge in [-0.15, -0.1) is 5.10 Å². The minimum atomic E-state index is -0.422. The number of Topliss-reactive ketones (excluding diaryl/α,β-unsaturated/α-hetero) is 1. The predicted molar refractivity (Wildman–Crippen MR) is 54.2 cm³/mol. The monoisotopic (exact) mass is 203 g/mol. The second-order valence-corrected chi connectivity index (χ2v) is 3.09. The number of nitrogens with zero attached hydrogens (tertiary/aromatic N) is 2. The standard InChI is InChI=1S/C10H9N3O2/c1-7(14)9-10(15)13(12-11-9)8-5-3-2-4-6-8/h2-6,12H,1H3. The van der Waals surface area contributed by atoms with Crippen LogP contribution < -0.4 is 5.56 Å². The van der Waals surface area contributed by atoms with Gasteiger partial charge in [-0.3, -0.25) is 9.59 Å². The molecule has 0 bridgehead atoms. The van der Waals surface area contributed by atoms with Crippen molar-refractivity contribution in [2.75, 3.05) is 0 Å². The fraction of sp³-hybridized carbons (Fsp3) is 0.100. The second-order valence-electron chi connectivity index (χ2n) is 3.09. The maximum absolute atomic E-state index is 11.7. The fourth-order valence-electron chi connectivity index (χ4n) is 1.28. The Balaban J connectivity index is 2.57. The van der Waals surface area contributed by atoms with Crippen LogP contribution in [0, 0.1) is 0 Å². The summed E-state index contributed by atoms with van der Waals surface area (Å²) in [7, 11) is 0. The van der Waals surface area contributed by atoms with E-state index in [-0.39, 0.29) is 11.5 Å². The van der Waals surface area contributed by atoms with Crippen LogP contribution in [0.5, 0.6) is 0 Å². The first-order valence-corrected chi connectivity index (χ1v) is 4.44. The van der Waals surface area contributed by atoms with Crippen LogP contribution in [0.3, 0.4) is 0 Å². The first-order chi connectivity index (χ1) is 7.20. The molecule has 2 aromatic rings. The van der Waals surface area contributed by atoms with Gasteiger partial charge in [0.15, 0.2) is 11.5 Å². The van der Waals surface area contributed by atoms with Crippen LogP contribution in [0.1, 0.15) is 17.4 Å². The molecule has 0 unspecified atom stereocenters. The molecule has 1 N–H and O–H groups in total. The third-order valence-corrected chi connectivity index (χ3v) is 2.02. The largest absolute Gasteiger partial charge is 0.302 e. The summed E-state index contributed by atoms with van der Waals surface area (Å²) in [4.78, 5) is 22.7. The fourth-order valence-corrected chi connectivity index (χ4v) is 1.28. The highest BCUT2D eigenvalue weighted by Crippen LogP contribution is 2.01. The molecule has 2 rings (SSSR count). The van der Waals surface area contributed by atoms with E-state index in [2.05, 4.69) is 10.3 Å². The highest BCUT2D eigenvalue weighted by Gasteiger charge is 2.12. The molecule has 1 aromatic carbocycles. The maximum atomic E-state index is 11.7.